The predicted molar refractivity (Wildman–Crippen MR) is 65.9 cm³/mol. The van der Waals surface area contributed by atoms with E-state index in [-0.39, 0.29) is 11.8 Å². The molecule has 0 aliphatic rings. The van der Waals surface area contributed by atoms with Gasteiger partial charge in [0.25, 0.3) is 0 Å². The second-order valence-electron chi connectivity index (χ2n) is 3.50. The molecular weight excluding hydrogens is 238 g/mol. The maximum Gasteiger partial charge on any atom is 0.338 e. The lowest BCUT2D eigenvalue weighted by Gasteiger charge is -2.08. The summed E-state index contributed by atoms with van der Waals surface area (Å²) in [6.45, 7) is 2.11. The maximum atomic E-state index is 11.6. The number of nitrogens with zero attached hydrogens (tertiary/aromatic N) is 1. The Morgan fingerprint density at radius 1 is 1.53 bits per heavy atom. The van der Waals surface area contributed by atoms with Crippen molar-refractivity contribution in [2.24, 2.45) is 0 Å². The van der Waals surface area contributed by atoms with Gasteiger partial charge in [0.2, 0.25) is 0 Å². The highest BCUT2D eigenvalue weighted by molar-refractivity contribution is 6.17. The first-order chi connectivity index (χ1) is 8.22. The highest BCUT2D eigenvalue weighted by atomic mass is 35.5. The minimum atomic E-state index is -0.352. The lowest BCUT2D eigenvalue weighted by atomic mass is 10.0. The van der Waals surface area contributed by atoms with E-state index in [0.717, 1.165) is 11.1 Å². The predicted octanol–water partition coefficient (Wildman–Crippen LogP) is 3.06. The van der Waals surface area contributed by atoms with E-state index in [1.54, 1.807) is 13.0 Å². The average molecular weight is 252 g/mol. The molecule has 17 heavy (non-hydrogen) atoms. The summed E-state index contributed by atoms with van der Waals surface area (Å²) >= 11 is 5.81. The van der Waals surface area contributed by atoms with E-state index in [4.69, 9.17) is 21.6 Å². The summed E-state index contributed by atoms with van der Waals surface area (Å²) < 4.78 is 4.94. The van der Waals surface area contributed by atoms with Gasteiger partial charge in [-0.25, -0.2) is 4.79 Å². The topological polar surface area (TPSA) is 50.1 Å². The summed E-state index contributed by atoms with van der Waals surface area (Å²) in [6, 6.07) is 7.49. The molecule has 0 bridgehead atoms. The molecule has 0 aliphatic carbocycles. The summed E-state index contributed by atoms with van der Waals surface area (Å²) in [6.07, 6.45) is 1.13. The van der Waals surface area contributed by atoms with E-state index in [1.807, 2.05) is 12.1 Å². The molecule has 0 saturated heterocycles. The van der Waals surface area contributed by atoms with E-state index < -0.39 is 0 Å². The molecule has 1 aromatic carbocycles. The second-order valence-corrected chi connectivity index (χ2v) is 3.77. The van der Waals surface area contributed by atoms with Gasteiger partial charge in [-0.1, -0.05) is 12.1 Å². The molecule has 1 aromatic rings. The number of hydrogen-bond acceptors (Lipinski definition) is 3. The number of benzene rings is 1. The summed E-state index contributed by atoms with van der Waals surface area (Å²) in [5, 5.41) is 8.52. The Bertz CT molecular complexity index is 438. The highest BCUT2D eigenvalue weighted by Gasteiger charge is 2.12. The van der Waals surface area contributed by atoms with Gasteiger partial charge in [0, 0.05) is 12.3 Å². The van der Waals surface area contributed by atoms with E-state index in [1.165, 1.54) is 0 Å². The van der Waals surface area contributed by atoms with Gasteiger partial charge >= 0.3 is 5.97 Å². The van der Waals surface area contributed by atoms with Gasteiger partial charge < -0.3 is 4.74 Å². The molecule has 3 nitrogen and oxygen atoms in total. The molecule has 0 amide bonds. The van der Waals surface area contributed by atoms with Crippen LogP contribution in [0.25, 0.3) is 0 Å². The number of rotatable bonds is 5. The Kier molecular flexibility index (Phi) is 5.51. The van der Waals surface area contributed by atoms with Gasteiger partial charge in [-0.3, -0.25) is 0 Å². The van der Waals surface area contributed by atoms with Crippen molar-refractivity contribution in [2.45, 2.75) is 25.6 Å². The molecule has 4 heteroatoms. The largest absolute Gasteiger partial charge is 0.462 e. The van der Waals surface area contributed by atoms with Crippen LogP contribution < -0.4 is 0 Å². The average Bonchev–Trinajstić information content (AvgIpc) is 2.36. The third-order valence-electron chi connectivity index (χ3n) is 2.33. The van der Waals surface area contributed by atoms with Crippen molar-refractivity contribution in [3.8, 4) is 6.07 Å². The van der Waals surface area contributed by atoms with Crippen molar-refractivity contribution in [3.63, 3.8) is 0 Å². The first-order valence-electron chi connectivity index (χ1n) is 5.44. The molecular formula is C13H14ClNO2. The first-order valence-corrected chi connectivity index (χ1v) is 5.98. The SMILES string of the molecule is CCOC(=O)c1ccc(CCC#N)cc1CCl. The summed E-state index contributed by atoms with van der Waals surface area (Å²) in [5.41, 5.74) is 2.26. The number of nitriles is 1. The van der Waals surface area contributed by atoms with Gasteiger partial charge in [0.15, 0.2) is 0 Å². The second kappa shape index (κ2) is 6.93. The number of ether oxygens (including phenoxy) is 1. The summed E-state index contributed by atoms with van der Waals surface area (Å²) in [5.74, 6) is -0.0934. The van der Waals surface area contributed by atoms with Crippen LogP contribution in [0.1, 0.15) is 34.8 Å². The van der Waals surface area contributed by atoms with Crippen LogP contribution in [0.5, 0.6) is 0 Å². The smallest absolute Gasteiger partial charge is 0.338 e. The highest BCUT2D eigenvalue weighted by Crippen LogP contribution is 2.17. The number of carbonyl (C=O) groups excluding carboxylic acids is 1. The third-order valence-corrected chi connectivity index (χ3v) is 2.62. The van der Waals surface area contributed by atoms with E-state index in [2.05, 4.69) is 6.07 Å². The van der Waals surface area contributed by atoms with Crippen LogP contribution in [0.2, 0.25) is 0 Å². The van der Waals surface area contributed by atoms with Crippen LogP contribution in [-0.4, -0.2) is 12.6 Å². The molecule has 1 rings (SSSR count). The Balaban J connectivity index is 2.93. The van der Waals surface area contributed by atoms with E-state index >= 15 is 0 Å². The van der Waals surface area contributed by atoms with Gasteiger partial charge in [0.1, 0.15) is 0 Å². The van der Waals surface area contributed by atoms with Crippen molar-refractivity contribution in [1.82, 2.24) is 0 Å². The molecule has 0 aliphatic heterocycles. The zero-order chi connectivity index (χ0) is 12.7. The number of alkyl halides is 1. The molecule has 0 unspecified atom stereocenters. The van der Waals surface area contributed by atoms with Crippen LogP contribution in [0.15, 0.2) is 18.2 Å². The fourth-order valence-electron chi connectivity index (χ4n) is 1.52. The lowest BCUT2D eigenvalue weighted by molar-refractivity contribution is 0.0525. The van der Waals surface area contributed by atoms with Crippen molar-refractivity contribution in [1.29, 1.82) is 5.26 Å². The molecule has 0 saturated carbocycles. The molecule has 0 aromatic heterocycles. The quantitative estimate of drug-likeness (QED) is 0.597. The van der Waals surface area contributed by atoms with Crippen molar-refractivity contribution in [3.05, 3.63) is 34.9 Å². The molecule has 0 fully saturated rings. The van der Waals surface area contributed by atoms with Crippen LogP contribution in [0, 0.1) is 11.3 Å². The van der Waals surface area contributed by atoms with Gasteiger partial charge in [-0.15, -0.1) is 11.6 Å². The standard InChI is InChI=1S/C13H14ClNO2/c1-2-17-13(16)12-6-5-10(4-3-7-15)8-11(12)9-14/h5-6,8H,2-4,9H2,1H3. The zero-order valence-corrected chi connectivity index (χ0v) is 10.5. The van der Waals surface area contributed by atoms with Gasteiger partial charge in [-0.2, -0.15) is 5.26 Å². The van der Waals surface area contributed by atoms with E-state index in [9.17, 15) is 4.79 Å². The molecule has 0 atom stereocenters. The summed E-state index contributed by atoms with van der Waals surface area (Å²) in [7, 11) is 0. The van der Waals surface area contributed by atoms with Crippen LogP contribution in [0.4, 0.5) is 0 Å². The molecule has 0 spiro atoms. The Hall–Kier alpha value is -1.53. The Morgan fingerprint density at radius 2 is 2.29 bits per heavy atom. The van der Waals surface area contributed by atoms with Crippen LogP contribution >= 0.6 is 11.6 Å². The van der Waals surface area contributed by atoms with Crippen molar-refractivity contribution < 1.29 is 9.53 Å². The molecule has 0 heterocycles. The fraction of sp³-hybridized carbons (Fsp3) is 0.385. The van der Waals surface area contributed by atoms with Crippen LogP contribution in [-0.2, 0) is 17.0 Å². The molecule has 0 radical (unpaired) electrons. The zero-order valence-electron chi connectivity index (χ0n) is 9.70. The van der Waals surface area contributed by atoms with Crippen molar-refractivity contribution in [2.75, 3.05) is 6.61 Å². The number of esters is 1. The summed E-state index contributed by atoms with van der Waals surface area (Å²) in [4.78, 5) is 11.6. The first kappa shape index (κ1) is 13.5. The van der Waals surface area contributed by atoms with Gasteiger partial charge in [0.05, 0.1) is 18.2 Å². The van der Waals surface area contributed by atoms with Gasteiger partial charge in [-0.05, 0) is 30.5 Å². The monoisotopic (exact) mass is 251 g/mol. The Morgan fingerprint density at radius 3 is 2.88 bits per heavy atom. The Labute approximate surface area is 106 Å². The molecule has 0 N–H and O–H groups in total. The minimum Gasteiger partial charge on any atom is -0.462 e. The number of carbonyl (C=O) groups is 1. The van der Waals surface area contributed by atoms with E-state index in [0.29, 0.717) is 25.0 Å². The maximum absolute atomic E-state index is 11.6. The fourth-order valence-corrected chi connectivity index (χ4v) is 1.74. The minimum absolute atomic E-state index is 0.258. The normalized spacial score (nSPS) is 9.71. The number of aryl methyl sites for hydroxylation is 1. The molecule has 90 valence electrons. The lowest BCUT2D eigenvalue weighted by Crippen LogP contribution is -2.08. The number of hydrogen-bond donors (Lipinski definition) is 0. The van der Waals surface area contributed by atoms with Crippen LogP contribution in [0.3, 0.4) is 0 Å². The number of halogens is 1. The third kappa shape index (κ3) is 3.76. The van der Waals surface area contributed by atoms with Crippen molar-refractivity contribution >= 4 is 17.6 Å².